The van der Waals surface area contributed by atoms with Gasteiger partial charge >= 0.3 is 0 Å². The Morgan fingerprint density at radius 1 is 1.39 bits per heavy atom. The molecule has 0 radical (unpaired) electrons. The fourth-order valence-electron chi connectivity index (χ4n) is 2.60. The van der Waals surface area contributed by atoms with Gasteiger partial charge in [-0.05, 0) is 18.5 Å². The molecule has 1 aromatic rings. The smallest absolute Gasteiger partial charge is 0.125 e. The lowest BCUT2D eigenvalue weighted by Crippen LogP contribution is -2.47. The highest BCUT2D eigenvalue weighted by atomic mass is 16.5. The number of hydrogen-bond acceptors (Lipinski definition) is 3. The number of likely N-dealkylation sites (N-methyl/N-ethyl adjacent to an activating group) is 1. The van der Waals surface area contributed by atoms with Crippen LogP contribution in [0.4, 0.5) is 0 Å². The van der Waals surface area contributed by atoms with E-state index in [9.17, 15) is 5.11 Å². The Labute approximate surface area is 109 Å². The number of para-hydroxylation sites is 1. The van der Waals surface area contributed by atoms with Gasteiger partial charge in [0, 0.05) is 12.1 Å². The molecule has 18 heavy (non-hydrogen) atoms. The van der Waals surface area contributed by atoms with Crippen LogP contribution in [0.5, 0.6) is 5.75 Å². The molecule has 0 aliphatic carbocycles. The Kier molecular flexibility index (Phi) is 4.25. The minimum Gasteiger partial charge on any atom is -0.491 e. The first-order valence-electron chi connectivity index (χ1n) is 6.77. The summed E-state index contributed by atoms with van der Waals surface area (Å²) < 4.78 is 5.77. The summed E-state index contributed by atoms with van der Waals surface area (Å²) in [5.74, 6) is 1.41. The maximum absolute atomic E-state index is 10.5. The lowest BCUT2D eigenvalue weighted by Gasteiger charge is -2.38. The van der Waals surface area contributed by atoms with Crippen molar-refractivity contribution >= 4 is 0 Å². The second-order valence-electron chi connectivity index (χ2n) is 5.34. The highest BCUT2D eigenvalue weighted by Crippen LogP contribution is 2.34. The molecule has 1 heterocycles. The van der Waals surface area contributed by atoms with E-state index in [4.69, 9.17) is 4.74 Å². The lowest BCUT2D eigenvalue weighted by atomic mass is 9.97. The van der Waals surface area contributed by atoms with E-state index in [1.54, 1.807) is 0 Å². The van der Waals surface area contributed by atoms with Gasteiger partial charge in [-0.1, -0.05) is 39.0 Å². The standard InChI is InChI=1S/C15H23NO2/c1-4-16(9-11(2)3)13-10-18-14-8-6-5-7-12(14)15(13)17/h5-8,11,13,15,17H,4,9-10H2,1-3H3. The zero-order valence-corrected chi connectivity index (χ0v) is 11.5. The third-order valence-electron chi connectivity index (χ3n) is 3.49. The molecular weight excluding hydrogens is 226 g/mol. The normalized spacial score (nSPS) is 23.0. The van der Waals surface area contributed by atoms with Crippen LogP contribution in [-0.4, -0.2) is 35.7 Å². The predicted molar refractivity (Wildman–Crippen MR) is 72.8 cm³/mol. The zero-order chi connectivity index (χ0) is 13.1. The van der Waals surface area contributed by atoms with Gasteiger partial charge < -0.3 is 9.84 Å². The highest BCUT2D eigenvalue weighted by Gasteiger charge is 2.32. The molecule has 2 atom stereocenters. The van der Waals surface area contributed by atoms with Crippen molar-refractivity contribution < 1.29 is 9.84 Å². The van der Waals surface area contributed by atoms with E-state index in [0.29, 0.717) is 12.5 Å². The predicted octanol–water partition coefficient (Wildman–Crippen LogP) is 2.46. The first kappa shape index (κ1) is 13.4. The summed E-state index contributed by atoms with van der Waals surface area (Å²) in [4.78, 5) is 2.31. The molecular formula is C15H23NO2. The van der Waals surface area contributed by atoms with E-state index in [0.717, 1.165) is 24.4 Å². The van der Waals surface area contributed by atoms with E-state index in [1.165, 1.54) is 0 Å². The van der Waals surface area contributed by atoms with Crippen molar-refractivity contribution in [3.63, 3.8) is 0 Å². The Hall–Kier alpha value is -1.06. The molecule has 1 aromatic carbocycles. The fourth-order valence-corrected chi connectivity index (χ4v) is 2.60. The molecule has 0 bridgehead atoms. The summed E-state index contributed by atoms with van der Waals surface area (Å²) in [6, 6.07) is 7.83. The lowest BCUT2D eigenvalue weighted by molar-refractivity contribution is 0.00101. The molecule has 1 aliphatic heterocycles. The van der Waals surface area contributed by atoms with Crippen molar-refractivity contribution in [1.82, 2.24) is 4.90 Å². The summed E-state index contributed by atoms with van der Waals surface area (Å²) in [6.07, 6.45) is -0.450. The van der Waals surface area contributed by atoms with Gasteiger partial charge in [-0.2, -0.15) is 0 Å². The number of aliphatic hydroxyl groups excluding tert-OH is 1. The SMILES string of the molecule is CCN(CC(C)C)C1COc2ccccc2C1O. The number of fused-ring (bicyclic) bond motifs is 1. The quantitative estimate of drug-likeness (QED) is 0.889. The van der Waals surface area contributed by atoms with Crippen LogP contribution in [0.2, 0.25) is 0 Å². The maximum Gasteiger partial charge on any atom is 0.125 e. The highest BCUT2D eigenvalue weighted by molar-refractivity contribution is 5.37. The van der Waals surface area contributed by atoms with Crippen LogP contribution in [0.1, 0.15) is 32.4 Å². The number of hydrogen-bond donors (Lipinski definition) is 1. The second kappa shape index (κ2) is 5.72. The third kappa shape index (κ3) is 2.68. The van der Waals surface area contributed by atoms with Crippen LogP contribution in [0.3, 0.4) is 0 Å². The van der Waals surface area contributed by atoms with E-state index < -0.39 is 6.10 Å². The molecule has 0 amide bonds. The second-order valence-corrected chi connectivity index (χ2v) is 5.34. The van der Waals surface area contributed by atoms with Gasteiger partial charge in [0.1, 0.15) is 18.5 Å². The third-order valence-corrected chi connectivity index (χ3v) is 3.49. The van der Waals surface area contributed by atoms with Gasteiger partial charge in [-0.25, -0.2) is 0 Å². The van der Waals surface area contributed by atoms with E-state index in [1.807, 2.05) is 24.3 Å². The summed E-state index contributed by atoms with van der Waals surface area (Å²) >= 11 is 0. The molecule has 0 aromatic heterocycles. The molecule has 0 fully saturated rings. The van der Waals surface area contributed by atoms with Gasteiger partial charge in [0.05, 0.1) is 6.04 Å². The molecule has 3 heteroatoms. The molecule has 0 saturated heterocycles. The van der Waals surface area contributed by atoms with Crippen molar-refractivity contribution in [2.45, 2.75) is 32.9 Å². The largest absolute Gasteiger partial charge is 0.491 e. The van der Waals surface area contributed by atoms with Gasteiger partial charge in [-0.15, -0.1) is 0 Å². The molecule has 2 rings (SSSR count). The Balaban J connectivity index is 2.17. The van der Waals surface area contributed by atoms with Crippen molar-refractivity contribution in [3.8, 4) is 5.75 Å². The average molecular weight is 249 g/mol. The van der Waals surface area contributed by atoms with Crippen molar-refractivity contribution in [3.05, 3.63) is 29.8 Å². The number of benzene rings is 1. The molecule has 0 spiro atoms. The summed E-state index contributed by atoms with van der Waals surface area (Å²) in [5.41, 5.74) is 0.913. The topological polar surface area (TPSA) is 32.7 Å². The Bertz CT molecular complexity index is 392. The number of nitrogens with zero attached hydrogens (tertiary/aromatic N) is 1. The van der Waals surface area contributed by atoms with Crippen molar-refractivity contribution in [2.75, 3.05) is 19.7 Å². The van der Waals surface area contributed by atoms with E-state index >= 15 is 0 Å². The fraction of sp³-hybridized carbons (Fsp3) is 0.600. The molecule has 1 N–H and O–H groups in total. The Morgan fingerprint density at radius 2 is 2.11 bits per heavy atom. The summed E-state index contributed by atoms with van der Waals surface area (Å²) in [7, 11) is 0. The molecule has 1 aliphatic rings. The average Bonchev–Trinajstić information content (AvgIpc) is 2.37. The van der Waals surface area contributed by atoms with Crippen LogP contribution in [0.25, 0.3) is 0 Å². The van der Waals surface area contributed by atoms with Gasteiger partial charge in [0.15, 0.2) is 0 Å². The van der Waals surface area contributed by atoms with Crippen LogP contribution >= 0.6 is 0 Å². The van der Waals surface area contributed by atoms with Crippen LogP contribution < -0.4 is 4.74 Å². The Morgan fingerprint density at radius 3 is 2.78 bits per heavy atom. The molecule has 2 unspecified atom stereocenters. The molecule has 100 valence electrons. The summed E-state index contributed by atoms with van der Waals surface area (Å²) in [5, 5.41) is 10.5. The van der Waals surface area contributed by atoms with Crippen LogP contribution in [0.15, 0.2) is 24.3 Å². The summed E-state index contributed by atoms with van der Waals surface area (Å²) in [6.45, 7) is 9.03. The maximum atomic E-state index is 10.5. The first-order valence-corrected chi connectivity index (χ1v) is 6.77. The van der Waals surface area contributed by atoms with Crippen molar-refractivity contribution in [1.29, 1.82) is 0 Å². The number of ether oxygens (including phenoxy) is 1. The van der Waals surface area contributed by atoms with E-state index in [2.05, 4.69) is 25.7 Å². The monoisotopic (exact) mass is 249 g/mol. The van der Waals surface area contributed by atoms with Crippen LogP contribution in [0, 0.1) is 5.92 Å². The van der Waals surface area contributed by atoms with Gasteiger partial charge in [-0.3, -0.25) is 4.90 Å². The number of rotatable bonds is 4. The molecule has 0 saturated carbocycles. The van der Waals surface area contributed by atoms with E-state index in [-0.39, 0.29) is 6.04 Å². The van der Waals surface area contributed by atoms with Gasteiger partial charge in [0.25, 0.3) is 0 Å². The minimum atomic E-state index is -0.450. The number of aliphatic hydroxyl groups is 1. The zero-order valence-electron chi connectivity index (χ0n) is 11.5. The molecule has 3 nitrogen and oxygen atoms in total. The minimum absolute atomic E-state index is 0.0623. The van der Waals surface area contributed by atoms with Gasteiger partial charge in [0.2, 0.25) is 0 Å². The van der Waals surface area contributed by atoms with Crippen LogP contribution in [-0.2, 0) is 0 Å². The first-order chi connectivity index (χ1) is 8.63. The van der Waals surface area contributed by atoms with Crippen molar-refractivity contribution in [2.24, 2.45) is 5.92 Å².